The van der Waals surface area contributed by atoms with Gasteiger partial charge in [-0.1, -0.05) is 103 Å². The number of hydrogen-bond acceptors (Lipinski definition) is 4. The number of hydrogen-bond donors (Lipinski definition) is 0. The molecule has 0 N–H and O–H groups in total. The highest BCUT2D eigenvalue weighted by atomic mass is 32.1. The summed E-state index contributed by atoms with van der Waals surface area (Å²) in [5.41, 5.74) is 8.22. The number of aromatic nitrogens is 3. The molecule has 0 saturated carbocycles. The summed E-state index contributed by atoms with van der Waals surface area (Å²) in [6, 6.07) is 44.8. The first-order valence-electron chi connectivity index (χ1n) is 13.7. The Bertz CT molecular complexity index is 2250. The van der Waals surface area contributed by atoms with E-state index >= 15 is 0 Å². The lowest BCUT2D eigenvalue weighted by Gasteiger charge is -2.08. The first-order valence-corrected chi connectivity index (χ1v) is 14.5. The molecule has 2 heterocycles. The van der Waals surface area contributed by atoms with Crippen LogP contribution in [0.2, 0.25) is 0 Å². The Kier molecular flexibility index (Phi) is 4.77. The fraction of sp³-hybridized carbons (Fsp3) is 0. The van der Waals surface area contributed by atoms with Crippen molar-refractivity contribution in [2.75, 3.05) is 0 Å². The largest absolute Gasteiger partial charge is 0.208 e. The zero-order chi connectivity index (χ0) is 26.9. The molecule has 0 atom stereocenters. The first kappa shape index (κ1) is 22.6. The van der Waals surface area contributed by atoms with Crippen molar-refractivity contribution < 1.29 is 0 Å². The molecule has 0 saturated heterocycles. The van der Waals surface area contributed by atoms with Gasteiger partial charge in [-0.05, 0) is 51.9 Å². The number of thiophene rings is 1. The molecular formula is C37H21N3S. The van der Waals surface area contributed by atoms with Gasteiger partial charge in [0.1, 0.15) is 0 Å². The van der Waals surface area contributed by atoms with Crippen LogP contribution in [-0.4, -0.2) is 15.0 Å². The van der Waals surface area contributed by atoms with Crippen molar-refractivity contribution in [3.8, 4) is 56.4 Å². The fourth-order valence-electron chi connectivity index (χ4n) is 6.17. The molecule has 2 aromatic heterocycles. The van der Waals surface area contributed by atoms with Crippen molar-refractivity contribution in [3.05, 3.63) is 127 Å². The van der Waals surface area contributed by atoms with Gasteiger partial charge in [-0.3, -0.25) is 0 Å². The van der Waals surface area contributed by atoms with Crippen LogP contribution >= 0.6 is 11.3 Å². The molecule has 4 heteroatoms. The van der Waals surface area contributed by atoms with Crippen LogP contribution in [0, 0.1) is 0 Å². The summed E-state index contributed by atoms with van der Waals surface area (Å²) in [5.74, 6) is 2.03. The SMILES string of the molecule is c1ccc(-c2nc(-c3ccccc3)nc(-c3ccc4sc5c6cccc7c6c(cc5c4c3)-c3ccccc3-7)n2)cc1. The van der Waals surface area contributed by atoms with E-state index in [4.69, 9.17) is 15.0 Å². The van der Waals surface area contributed by atoms with Crippen molar-refractivity contribution in [3.63, 3.8) is 0 Å². The van der Waals surface area contributed by atoms with Gasteiger partial charge < -0.3 is 0 Å². The second-order valence-electron chi connectivity index (χ2n) is 10.4. The van der Waals surface area contributed by atoms with E-state index in [1.165, 1.54) is 53.2 Å². The van der Waals surface area contributed by atoms with E-state index < -0.39 is 0 Å². The van der Waals surface area contributed by atoms with E-state index in [2.05, 4.69) is 66.7 Å². The Morgan fingerprint density at radius 2 is 0.976 bits per heavy atom. The Labute approximate surface area is 240 Å². The molecule has 0 aliphatic heterocycles. The van der Waals surface area contributed by atoms with Gasteiger partial charge in [-0.2, -0.15) is 0 Å². The van der Waals surface area contributed by atoms with E-state index in [-0.39, 0.29) is 0 Å². The summed E-state index contributed by atoms with van der Waals surface area (Å²) in [7, 11) is 0. The molecule has 0 fully saturated rings. The molecule has 0 radical (unpaired) electrons. The molecule has 6 aromatic carbocycles. The monoisotopic (exact) mass is 539 g/mol. The quantitative estimate of drug-likeness (QED) is 0.224. The lowest BCUT2D eigenvalue weighted by Crippen LogP contribution is -2.00. The minimum atomic E-state index is 0.674. The van der Waals surface area contributed by atoms with Crippen LogP contribution in [0.1, 0.15) is 0 Å². The van der Waals surface area contributed by atoms with Crippen LogP contribution < -0.4 is 0 Å². The van der Waals surface area contributed by atoms with Gasteiger partial charge in [0.15, 0.2) is 17.5 Å². The summed E-state index contributed by atoms with van der Waals surface area (Å²) in [6.07, 6.45) is 0. The van der Waals surface area contributed by atoms with Gasteiger partial charge in [0.25, 0.3) is 0 Å². The minimum Gasteiger partial charge on any atom is -0.208 e. The first-order chi connectivity index (χ1) is 20.3. The second-order valence-corrected chi connectivity index (χ2v) is 11.5. The molecule has 1 aliphatic rings. The summed E-state index contributed by atoms with van der Waals surface area (Å²) in [5, 5.41) is 5.21. The average Bonchev–Trinajstić information content (AvgIpc) is 3.58. The van der Waals surface area contributed by atoms with Gasteiger partial charge in [0, 0.05) is 42.2 Å². The maximum absolute atomic E-state index is 4.97. The van der Waals surface area contributed by atoms with Crippen LogP contribution in [0.25, 0.3) is 87.4 Å². The molecule has 0 spiro atoms. The Morgan fingerprint density at radius 1 is 0.390 bits per heavy atom. The second kappa shape index (κ2) is 8.65. The summed E-state index contributed by atoms with van der Waals surface area (Å²) in [4.78, 5) is 14.8. The highest BCUT2D eigenvalue weighted by Gasteiger charge is 2.24. The Hall–Kier alpha value is -5.19. The third-order valence-electron chi connectivity index (χ3n) is 8.06. The molecule has 0 bridgehead atoms. The molecule has 1 aliphatic carbocycles. The van der Waals surface area contributed by atoms with Gasteiger partial charge in [0.05, 0.1) is 0 Å². The summed E-state index contributed by atoms with van der Waals surface area (Å²) >= 11 is 1.87. The number of benzene rings is 6. The molecule has 8 aromatic rings. The minimum absolute atomic E-state index is 0.674. The van der Waals surface area contributed by atoms with Crippen LogP contribution in [0.15, 0.2) is 127 Å². The molecule has 9 rings (SSSR count). The zero-order valence-corrected chi connectivity index (χ0v) is 22.7. The number of nitrogens with zero attached hydrogens (tertiary/aromatic N) is 3. The van der Waals surface area contributed by atoms with Crippen LogP contribution in [-0.2, 0) is 0 Å². The predicted molar refractivity (Wildman–Crippen MR) is 171 cm³/mol. The highest BCUT2D eigenvalue weighted by molar-refractivity contribution is 7.26. The smallest absolute Gasteiger partial charge is 0.164 e. The third kappa shape index (κ3) is 3.41. The van der Waals surface area contributed by atoms with Gasteiger partial charge in [-0.25, -0.2) is 15.0 Å². The Balaban J connectivity index is 1.29. The van der Waals surface area contributed by atoms with Crippen molar-refractivity contribution in [2.45, 2.75) is 0 Å². The topological polar surface area (TPSA) is 38.7 Å². The van der Waals surface area contributed by atoms with E-state index in [1.54, 1.807) is 0 Å². The lowest BCUT2D eigenvalue weighted by atomic mass is 9.99. The van der Waals surface area contributed by atoms with E-state index in [9.17, 15) is 0 Å². The van der Waals surface area contributed by atoms with E-state index in [1.807, 2.05) is 72.0 Å². The average molecular weight is 540 g/mol. The van der Waals surface area contributed by atoms with Gasteiger partial charge >= 0.3 is 0 Å². The lowest BCUT2D eigenvalue weighted by molar-refractivity contribution is 1.07. The number of fused-ring (bicyclic) bond motifs is 7. The molecule has 190 valence electrons. The normalized spacial score (nSPS) is 11.9. The van der Waals surface area contributed by atoms with Crippen LogP contribution in [0.4, 0.5) is 0 Å². The van der Waals surface area contributed by atoms with E-state index in [0.29, 0.717) is 17.5 Å². The van der Waals surface area contributed by atoms with E-state index in [0.717, 1.165) is 16.7 Å². The van der Waals surface area contributed by atoms with Crippen LogP contribution in [0.3, 0.4) is 0 Å². The molecule has 41 heavy (non-hydrogen) atoms. The summed E-state index contributed by atoms with van der Waals surface area (Å²) in [6.45, 7) is 0. The Morgan fingerprint density at radius 3 is 1.66 bits per heavy atom. The third-order valence-corrected chi connectivity index (χ3v) is 9.28. The number of rotatable bonds is 3. The van der Waals surface area contributed by atoms with Crippen molar-refractivity contribution in [1.29, 1.82) is 0 Å². The maximum Gasteiger partial charge on any atom is 0.164 e. The molecule has 3 nitrogen and oxygen atoms in total. The predicted octanol–water partition coefficient (Wildman–Crippen LogP) is 10.0. The van der Waals surface area contributed by atoms with Crippen molar-refractivity contribution in [1.82, 2.24) is 15.0 Å². The van der Waals surface area contributed by atoms with Crippen LogP contribution in [0.5, 0.6) is 0 Å². The molecule has 0 amide bonds. The maximum atomic E-state index is 4.97. The van der Waals surface area contributed by atoms with Gasteiger partial charge in [-0.15, -0.1) is 11.3 Å². The van der Waals surface area contributed by atoms with Crippen molar-refractivity contribution >= 4 is 42.3 Å². The summed E-state index contributed by atoms with van der Waals surface area (Å²) < 4.78 is 2.60. The fourth-order valence-corrected chi connectivity index (χ4v) is 7.37. The van der Waals surface area contributed by atoms with Gasteiger partial charge in [0.2, 0.25) is 0 Å². The molecule has 0 unspecified atom stereocenters. The zero-order valence-electron chi connectivity index (χ0n) is 21.9. The highest BCUT2D eigenvalue weighted by Crippen LogP contribution is 2.51. The van der Waals surface area contributed by atoms with Crippen molar-refractivity contribution in [2.24, 2.45) is 0 Å². The standard InChI is InChI=1S/C37H21N3S/c1-3-10-22(11-4-1)35-38-36(23-12-5-2-6-13-23)40-37(39-35)24-18-19-32-29(20-24)31-21-30-26-15-8-7-14-25(26)27-16-9-17-28(33(27)30)34(31)41-32/h1-21H. The molecular weight excluding hydrogens is 518 g/mol.